The standard InChI is InChI=1S/C17H25N3O2/c1-11-7-12(2)10-20(9-11)17(22)19-16-8-15(18-14(4)21)6-5-13(16)3/h5-6,8,11-12H,7,9-10H2,1-4H3,(H,18,21)(H,19,22)/t11-,12-/m1/s1. The normalized spacial score (nSPS) is 21.4. The van der Waals surface area contributed by atoms with Gasteiger partial charge in [-0.2, -0.15) is 0 Å². The van der Waals surface area contributed by atoms with Crippen LogP contribution < -0.4 is 10.6 Å². The van der Waals surface area contributed by atoms with E-state index >= 15 is 0 Å². The predicted octanol–water partition coefficient (Wildman–Crippen LogP) is 3.46. The van der Waals surface area contributed by atoms with Crippen molar-refractivity contribution in [2.75, 3.05) is 23.7 Å². The summed E-state index contributed by atoms with van der Waals surface area (Å²) in [6, 6.07) is 5.45. The van der Waals surface area contributed by atoms with Gasteiger partial charge in [0.05, 0.1) is 0 Å². The van der Waals surface area contributed by atoms with Crippen molar-refractivity contribution in [1.29, 1.82) is 0 Å². The Bertz CT molecular complexity index is 561. The third kappa shape index (κ3) is 4.23. The molecule has 2 atom stereocenters. The summed E-state index contributed by atoms with van der Waals surface area (Å²) >= 11 is 0. The van der Waals surface area contributed by atoms with E-state index in [9.17, 15) is 9.59 Å². The van der Waals surface area contributed by atoms with Gasteiger partial charge in [-0.25, -0.2) is 4.79 Å². The Kier molecular flexibility index (Phi) is 5.06. The number of nitrogens with one attached hydrogen (secondary N) is 2. The van der Waals surface area contributed by atoms with Crippen LogP contribution in [0.15, 0.2) is 18.2 Å². The summed E-state index contributed by atoms with van der Waals surface area (Å²) in [6.45, 7) is 9.35. The molecular weight excluding hydrogens is 278 g/mol. The topological polar surface area (TPSA) is 61.4 Å². The molecule has 22 heavy (non-hydrogen) atoms. The van der Waals surface area contributed by atoms with Gasteiger partial charge in [-0.05, 0) is 42.9 Å². The number of urea groups is 1. The van der Waals surface area contributed by atoms with Gasteiger partial charge in [-0.1, -0.05) is 19.9 Å². The molecule has 1 heterocycles. The molecule has 5 heteroatoms. The van der Waals surface area contributed by atoms with Gasteiger partial charge in [-0.3, -0.25) is 4.79 Å². The molecule has 0 aliphatic carbocycles. The highest BCUT2D eigenvalue weighted by molar-refractivity contribution is 5.93. The van der Waals surface area contributed by atoms with Crippen LogP contribution in [-0.2, 0) is 4.79 Å². The average Bonchev–Trinajstić information content (AvgIpc) is 2.40. The van der Waals surface area contributed by atoms with E-state index in [0.717, 1.165) is 24.3 Å². The maximum absolute atomic E-state index is 12.5. The van der Waals surface area contributed by atoms with Crippen LogP contribution in [0, 0.1) is 18.8 Å². The minimum atomic E-state index is -0.125. The number of piperidine rings is 1. The van der Waals surface area contributed by atoms with Crippen molar-refractivity contribution in [3.05, 3.63) is 23.8 Å². The van der Waals surface area contributed by atoms with Crippen LogP contribution in [0.25, 0.3) is 0 Å². The van der Waals surface area contributed by atoms with Crippen LogP contribution in [0.5, 0.6) is 0 Å². The monoisotopic (exact) mass is 303 g/mol. The molecule has 2 N–H and O–H groups in total. The van der Waals surface area contributed by atoms with Gasteiger partial charge < -0.3 is 15.5 Å². The van der Waals surface area contributed by atoms with Crippen molar-refractivity contribution in [3.63, 3.8) is 0 Å². The molecule has 1 saturated heterocycles. The summed E-state index contributed by atoms with van der Waals surface area (Å²) in [5.41, 5.74) is 2.40. The summed E-state index contributed by atoms with van der Waals surface area (Å²) < 4.78 is 0. The summed E-state index contributed by atoms with van der Waals surface area (Å²) in [6.07, 6.45) is 1.17. The third-order valence-corrected chi connectivity index (χ3v) is 3.96. The van der Waals surface area contributed by atoms with E-state index in [2.05, 4.69) is 24.5 Å². The van der Waals surface area contributed by atoms with Crippen LogP contribution in [0.2, 0.25) is 0 Å². The minimum absolute atomic E-state index is 0.0681. The van der Waals surface area contributed by atoms with Crippen LogP contribution in [0.1, 0.15) is 32.8 Å². The highest BCUT2D eigenvalue weighted by Crippen LogP contribution is 2.24. The fraction of sp³-hybridized carbons (Fsp3) is 0.529. The molecule has 1 aromatic carbocycles. The zero-order chi connectivity index (χ0) is 16.3. The molecule has 1 aliphatic rings. The number of nitrogens with zero attached hydrogens (tertiary/aromatic N) is 1. The molecule has 0 spiro atoms. The lowest BCUT2D eigenvalue weighted by Crippen LogP contribution is -2.44. The lowest BCUT2D eigenvalue weighted by atomic mass is 9.92. The number of rotatable bonds is 2. The fourth-order valence-electron chi connectivity index (χ4n) is 3.06. The van der Waals surface area contributed by atoms with Gasteiger partial charge in [-0.15, -0.1) is 0 Å². The van der Waals surface area contributed by atoms with Gasteiger partial charge in [0.15, 0.2) is 0 Å². The molecule has 1 aliphatic heterocycles. The van der Waals surface area contributed by atoms with Crippen LogP contribution >= 0.6 is 0 Å². The number of anilines is 2. The van der Waals surface area contributed by atoms with E-state index in [1.165, 1.54) is 13.3 Å². The predicted molar refractivity (Wildman–Crippen MR) is 89.0 cm³/mol. The first-order chi connectivity index (χ1) is 10.3. The largest absolute Gasteiger partial charge is 0.326 e. The molecule has 2 rings (SSSR count). The van der Waals surface area contributed by atoms with Crippen molar-refractivity contribution in [3.8, 4) is 0 Å². The number of amides is 3. The Morgan fingerprint density at radius 1 is 1.14 bits per heavy atom. The van der Waals surface area contributed by atoms with E-state index in [1.54, 1.807) is 6.07 Å². The van der Waals surface area contributed by atoms with Gasteiger partial charge in [0.25, 0.3) is 0 Å². The molecule has 0 saturated carbocycles. The lowest BCUT2D eigenvalue weighted by molar-refractivity contribution is -0.114. The fourth-order valence-corrected chi connectivity index (χ4v) is 3.06. The molecule has 5 nitrogen and oxygen atoms in total. The molecule has 0 bridgehead atoms. The molecule has 3 amide bonds. The van der Waals surface area contributed by atoms with E-state index in [4.69, 9.17) is 0 Å². The number of carbonyl (C=O) groups excluding carboxylic acids is 2. The van der Waals surface area contributed by atoms with Crippen LogP contribution in [-0.4, -0.2) is 29.9 Å². The Labute approximate surface area is 132 Å². The van der Waals surface area contributed by atoms with Gasteiger partial charge in [0, 0.05) is 31.4 Å². The maximum atomic E-state index is 12.5. The molecule has 1 aromatic rings. The van der Waals surface area contributed by atoms with Crippen LogP contribution in [0.4, 0.5) is 16.2 Å². The van der Waals surface area contributed by atoms with Crippen molar-refractivity contribution >= 4 is 23.3 Å². The van der Waals surface area contributed by atoms with Crippen molar-refractivity contribution in [1.82, 2.24) is 4.90 Å². The summed E-state index contributed by atoms with van der Waals surface area (Å²) in [5.74, 6) is 0.933. The Morgan fingerprint density at radius 2 is 1.77 bits per heavy atom. The Morgan fingerprint density at radius 3 is 2.36 bits per heavy atom. The second-order valence-corrected chi connectivity index (χ2v) is 6.49. The zero-order valence-corrected chi connectivity index (χ0v) is 13.8. The Hall–Kier alpha value is -2.04. The average molecular weight is 303 g/mol. The highest BCUT2D eigenvalue weighted by Gasteiger charge is 2.25. The summed E-state index contributed by atoms with van der Waals surface area (Å²) in [5, 5.41) is 5.71. The molecule has 0 unspecified atom stereocenters. The molecule has 120 valence electrons. The van der Waals surface area contributed by atoms with Crippen molar-refractivity contribution in [2.45, 2.75) is 34.1 Å². The van der Waals surface area contributed by atoms with Gasteiger partial charge in [0.2, 0.25) is 5.91 Å². The number of hydrogen-bond acceptors (Lipinski definition) is 2. The second kappa shape index (κ2) is 6.81. The van der Waals surface area contributed by atoms with E-state index in [-0.39, 0.29) is 11.9 Å². The van der Waals surface area contributed by atoms with E-state index in [1.807, 2.05) is 24.0 Å². The van der Waals surface area contributed by atoms with Gasteiger partial charge in [0.1, 0.15) is 0 Å². The number of aryl methyl sites for hydroxylation is 1. The minimum Gasteiger partial charge on any atom is -0.326 e. The SMILES string of the molecule is CC(=O)Nc1ccc(C)c(NC(=O)N2C[C@H](C)C[C@@H](C)C2)c1. The first-order valence-corrected chi connectivity index (χ1v) is 7.79. The smallest absolute Gasteiger partial charge is 0.321 e. The zero-order valence-electron chi connectivity index (χ0n) is 13.8. The summed E-state index contributed by atoms with van der Waals surface area (Å²) in [4.78, 5) is 25.5. The number of likely N-dealkylation sites (tertiary alicyclic amines) is 1. The number of hydrogen-bond donors (Lipinski definition) is 2. The lowest BCUT2D eigenvalue weighted by Gasteiger charge is -2.35. The van der Waals surface area contributed by atoms with Crippen LogP contribution in [0.3, 0.4) is 0 Å². The number of benzene rings is 1. The Balaban J connectivity index is 2.09. The third-order valence-electron chi connectivity index (χ3n) is 3.96. The van der Waals surface area contributed by atoms with E-state index in [0.29, 0.717) is 17.5 Å². The summed E-state index contributed by atoms with van der Waals surface area (Å²) in [7, 11) is 0. The molecule has 0 radical (unpaired) electrons. The quantitative estimate of drug-likeness (QED) is 0.879. The highest BCUT2D eigenvalue weighted by atomic mass is 16.2. The number of carbonyl (C=O) groups is 2. The first kappa shape index (κ1) is 16.3. The second-order valence-electron chi connectivity index (χ2n) is 6.49. The maximum Gasteiger partial charge on any atom is 0.321 e. The molecule has 0 aromatic heterocycles. The van der Waals surface area contributed by atoms with Crippen molar-refractivity contribution in [2.24, 2.45) is 11.8 Å². The molecule has 1 fully saturated rings. The molecular formula is C17H25N3O2. The first-order valence-electron chi connectivity index (χ1n) is 7.79. The van der Waals surface area contributed by atoms with Gasteiger partial charge >= 0.3 is 6.03 Å². The van der Waals surface area contributed by atoms with E-state index < -0.39 is 0 Å². The van der Waals surface area contributed by atoms with Crippen molar-refractivity contribution < 1.29 is 9.59 Å².